The maximum atomic E-state index is 5.31. The van der Waals surface area contributed by atoms with E-state index in [1.807, 2.05) is 24.3 Å². The topological polar surface area (TPSA) is 64.9 Å². The normalized spacial score (nSPS) is 19.1. The summed E-state index contributed by atoms with van der Waals surface area (Å²) in [5, 5.41) is 16.0. The summed E-state index contributed by atoms with van der Waals surface area (Å²) >= 11 is 0. The molecule has 2 aromatic rings. The van der Waals surface area contributed by atoms with Crippen molar-refractivity contribution in [3.8, 4) is 17.1 Å². The van der Waals surface area contributed by atoms with Crippen LogP contribution in [0.4, 0.5) is 0 Å². The van der Waals surface area contributed by atoms with Crippen molar-refractivity contribution in [2.75, 3.05) is 20.2 Å². The molecule has 0 bridgehead atoms. The largest absolute Gasteiger partial charge is 0.496 e. The number of nitrogens with zero attached hydrogens (tertiary/aromatic N) is 4. The van der Waals surface area contributed by atoms with Gasteiger partial charge in [-0.1, -0.05) is 12.1 Å². The van der Waals surface area contributed by atoms with Crippen LogP contribution in [0, 0.1) is 0 Å². The molecule has 0 radical (unpaired) electrons. The van der Waals surface area contributed by atoms with Crippen molar-refractivity contribution in [2.24, 2.45) is 0 Å². The zero-order valence-corrected chi connectivity index (χ0v) is 10.2. The Morgan fingerprint density at radius 1 is 1.39 bits per heavy atom. The summed E-state index contributed by atoms with van der Waals surface area (Å²) in [7, 11) is 1.64. The molecule has 1 fully saturated rings. The number of benzene rings is 1. The van der Waals surface area contributed by atoms with E-state index in [9.17, 15) is 0 Å². The summed E-state index contributed by atoms with van der Waals surface area (Å²) in [6.07, 6.45) is 1.04. The van der Waals surface area contributed by atoms with Crippen LogP contribution >= 0.6 is 0 Å². The molecule has 1 saturated heterocycles. The fourth-order valence-electron chi connectivity index (χ4n) is 2.15. The molecule has 1 aromatic carbocycles. The molecule has 1 atom stereocenters. The number of hydrogen-bond acceptors (Lipinski definition) is 5. The number of nitrogens with one attached hydrogen (secondary N) is 1. The van der Waals surface area contributed by atoms with Gasteiger partial charge in [0.15, 0.2) is 0 Å². The van der Waals surface area contributed by atoms with E-state index in [0.717, 1.165) is 30.8 Å². The molecular formula is C12H15N5O. The first-order valence-corrected chi connectivity index (χ1v) is 6.02. The average Bonchev–Trinajstić information content (AvgIpc) is 3.09. The van der Waals surface area contributed by atoms with E-state index in [0.29, 0.717) is 11.9 Å². The number of methoxy groups -OCH3 is 1. The van der Waals surface area contributed by atoms with Crippen LogP contribution < -0.4 is 10.1 Å². The molecule has 0 saturated carbocycles. The van der Waals surface area contributed by atoms with Gasteiger partial charge in [0, 0.05) is 6.54 Å². The van der Waals surface area contributed by atoms with Crippen molar-refractivity contribution in [3.63, 3.8) is 0 Å². The van der Waals surface area contributed by atoms with Gasteiger partial charge in [-0.05, 0) is 30.3 Å². The highest BCUT2D eigenvalue weighted by atomic mass is 16.5. The van der Waals surface area contributed by atoms with E-state index in [1.165, 1.54) is 0 Å². The van der Waals surface area contributed by atoms with Crippen molar-refractivity contribution >= 4 is 0 Å². The zero-order valence-electron chi connectivity index (χ0n) is 10.2. The first-order chi connectivity index (χ1) is 8.88. The smallest absolute Gasteiger partial charge is 0.208 e. The Kier molecular flexibility index (Phi) is 2.93. The Labute approximate surface area is 105 Å². The molecule has 3 rings (SSSR count). The molecule has 18 heavy (non-hydrogen) atoms. The van der Waals surface area contributed by atoms with Gasteiger partial charge in [0.05, 0.1) is 18.7 Å². The lowest BCUT2D eigenvalue weighted by atomic mass is 10.2. The molecule has 0 spiro atoms. The molecule has 1 aromatic heterocycles. The maximum absolute atomic E-state index is 5.31. The molecule has 1 unspecified atom stereocenters. The molecule has 0 amide bonds. The molecule has 94 valence electrons. The Bertz CT molecular complexity index is 533. The van der Waals surface area contributed by atoms with Crippen LogP contribution in [0.25, 0.3) is 11.4 Å². The third kappa shape index (κ3) is 1.95. The number of rotatable bonds is 3. The highest BCUT2D eigenvalue weighted by molar-refractivity contribution is 5.63. The van der Waals surface area contributed by atoms with Gasteiger partial charge >= 0.3 is 0 Å². The molecule has 0 aliphatic carbocycles. The van der Waals surface area contributed by atoms with Gasteiger partial charge in [0.25, 0.3) is 0 Å². The third-order valence-corrected chi connectivity index (χ3v) is 3.14. The van der Waals surface area contributed by atoms with Crippen molar-refractivity contribution in [2.45, 2.75) is 12.5 Å². The first kappa shape index (κ1) is 11.2. The standard InChI is InChI=1S/C12H15N5O/c1-18-11-5-3-2-4-10(11)12-14-16-17(15-12)9-6-7-13-8-9/h2-5,9,13H,6-8H2,1H3. The van der Waals surface area contributed by atoms with Gasteiger partial charge in [0.2, 0.25) is 5.82 Å². The maximum Gasteiger partial charge on any atom is 0.208 e. The van der Waals surface area contributed by atoms with E-state index in [4.69, 9.17) is 4.74 Å². The lowest BCUT2D eigenvalue weighted by Crippen LogP contribution is -2.15. The number of hydrogen-bond donors (Lipinski definition) is 1. The number of tetrazole rings is 1. The summed E-state index contributed by atoms with van der Waals surface area (Å²) in [6.45, 7) is 1.91. The van der Waals surface area contributed by atoms with Crippen LogP contribution in [0.5, 0.6) is 5.75 Å². The summed E-state index contributed by atoms with van der Waals surface area (Å²) in [5.74, 6) is 1.38. The molecule has 1 aliphatic rings. The van der Waals surface area contributed by atoms with Crippen molar-refractivity contribution in [1.82, 2.24) is 25.5 Å². The van der Waals surface area contributed by atoms with E-state index < -0.39 is 0 Å². The third-order valence-electron chi connectivity index (χ3n) is 3.14. The first-order valence-electron chi connectivity index (χ1n) is 6.02. The number of para-hydroxylation sites is 1. The molecule has 2 heterocycles. The average molecular weight is 245 g/mol. The molecule has 1 N–H and O–H groups in total. The predicted octanol–water partition coefficient (Wildman–Crippen LogP) is 0.883. The van der Waals surface area contributed by atoms with Crippen LogP contribution in [0.15, 0.2) is 24.3 Å². The Hall–Kier alpha value is -1.95. The summed E-state index contributed by atoms with van der Waals surface area (Å²) in [4.78, 5) is 1.70. The molecule has 6 nitrogen and oxygen atoms in total. The fraction of sp³-hybridized carbons (Fsp3) is 0.417. The summed E-state index contributed by atoms with van der Waals surface area (Å²) < 4.78 is 5.31. The SMILES string of the molecule is COc1ccccc1-c1nnn(C2CCNC2)n1. The molecule has 6 heteroatoms. The minimum Gasteiger partial charge on any atom is -0.496 e. The van der Waals surface area contributed by atoms with Gasteiger partial charge in [-0.15, -0.1) is 10.2 Å². The van der Waals surface area contributed by atoms with Crippen molar-refractivity contribution in [1.29, 1.82) is 0 Å². The van der Waals surface area contributed by atoms with E-state index in [-0.39, 0.29) is 0 Å². The van der Waals surface area contributed by atoms with Crippen LogP contribution in [-0.4, -0.2) is 40.4 Å². The van der Waals surface area contributed by atoms with Gasteiger partial charge in [-0.3, -0.25) is 0 Å². The monoisotopic (exact) mass is 245 g/mol. The Balaban J connectivity index is 1.92. The van der Waals surface area contributed by atoms with E-state index in [1.54, 1.807) is 11.9 Å². The van der Waals surface area contributed by atoms with Gasteiger partial charge in [-0.25, -0.2) is 0 Å². The highest BCUT2D eigenvalue weighted by Crippen LogP contribution is 2.26. The van der Waals surface area contributed by atoms with Crippen LogP contribution in [-0.2, 0) is 0 Å². The Morgan fingerprint density at radius 3 is 3.06 bits per heavy atom. The molecule has 1 aliphatic heterocycles. The quantitative estimate of drug-likeness (QED) is 0.869. The van der Waals surface area contributed by atoms with Crippen molar-refractivity contribution < 1.29 is 4.74 Å². The number of ether oxygens (including phenoxy) is 1. The second-order valence-corrected chi connectivity index (χ2v) is 4.28. The second kappa shape index (κ2) is 4.73. The van der Waals surface area contributed by atoms with E-state index in [2.05, 4.69) is 20.7 Å². The highest BCUT2D eigenvalue weighted by Gasteiger charge is 2.20. The van der Waals surface area contributed by atoms with E-state index >= 15 is 0 Å². The predicted molar refractivity (Wildman–Crippen MR) is 66.3 cm³/mol. The van der Waals surface area contributed by atoms with Crippen LogP contribution in [0.2, 0.25) is 0 Å². The van der Waals surface area contributed by atoms with Gasteiger partial charge in [-0.2, -0.15) is 4.80 Å². The lowest BCUT2D eigenvalue weighted by molar-refractivity contribution is 0.415. The minimum atomic E-state index is 0.306. The summed E-state index contributed by atoms with van der Waals surface area (Å²) in [6, 6.07) is 8.00. The summed E-state index contributed by atoms with van der Waals surface area (Å²) in [5.41, 5.74) is 0.872. The minimum absolute atomic E-state index is 0.306. The number of aromatic nitrogens is 4. The van der Waals surface area contributed by atoms with Gasteiger partial charge in [0.1, 0.15) is 5.75 Å². The lowest BCUT2D eigenvalue weighted by Gasteiger charge is -2.05. The van der Waals surface area contributed by atoms with Crippen LogP contribution in [0.1, 0.15) is 12.5 Å². The van der Waals surface area contributed by atoms with Crippen LogP contribution in [0.3, 0.4) is 0 Å². The second-order valence-electron chi connectivity index (χ2n) is 4.28. The van der Waals surface area contributed by atoms with Crippen molar-refractivity contribution in [3.05, 3.63) is 24.3 Å². The molecular weight excluding hydrogens is 230 g/mol. The van der Waals surface area contributed by atoms with Gasteiger partial charge < -0.3 is 10.1 Å². The Morgan fingerprint density at radius 2 is 2.28 bits per heavy atom. The zero-order chi connectivity index (χ0) is 12.4. The fourth-order valence-corrected chi connectivity index (χ4v) is 2.15.